The summed E-state index contributed by atoms with van der Waals surface area (Å²) in [4.78, 5) is 66.1. The molecule has 3 heterocycles. The molecule has 2 aliphatic carbocycles. The lowest BCUT2D eigenvalue weighted by atomic mass is 9.63. The Morgan fingerprint density at radius 1 is 0.923 bits per heavy atom. The van der Waals surface area contributed by atoms with Crippen molar-refractivity contribution in [2.75, 3.05) is 0 Å². The molecule has 1 saturated carbocycles. The SMILES string of the molecule is CCCC1(C(=O)Oc2ccc([C@H]3[C@H]4CCc5ccc(OC(=O)C67CCC(C)(C(=O)O6)C7(C)CC)cc5C4=NN3C(C)=O)cc2)OC(=O)C(C)C1(C)C. The molecule has 7 atom stereocenters. The first-order valence-corrected chi connectivity index (χ1v) is 18.5. The van der Waals surface area contributed by atoms with Crippen LogP contribution in [-0.4, -0.2) is 51.7 Å². The molecular weight excluding hydrogens is 664 g/mol. The maximum Gasteiger partial charge on any atom is 0.356 e. The van der Waals surface area contributed by atoms with Crippen LogP contribution in [0.3, 0.4) is 0 Å². The normalized spacial score (nSPS) is 33.9. The summed E-state index contributed by atoms with van der Waals surface area (Å²) in [5, 5.41) is 6.33. The summed E-state index contributed by atoms with van der Waals surface area (Å²) in [7, 11) is 0. The third kappa shape index (κ3) is 4.69. The Kier molecular flexibility index (Phi) is 8.27. The predicted octanol–water partition coefficient (Wildman–Crippen LogP) is 6.64. The molecular formula is C41H48N2O9. The highest BCUT2D eigenvalue weighted by Crippen LogP contribution is 2.67. The third-order valence-electron chi connectivity index (χ3n) is 13.8. The number of carbonyl (C=O) groups is 5. The third-order valence-corrected chi connectivity index (χ3v) is 13.8. The van der Waals surface area contributed by atoms with Crippen LogP contribution in [0.25, 0.3) is 0 Å². The second kappa shape index (κ2) is 12.0. The Morgan fingerprint density at radius 2 is 1.60 bits per heavy atom. The van der Waals surface area contributed by atoms with E-state index in [4.69, 9.17) is 24.0 Å². The fourth-order valence-corrected chi connectivity index (χ4v) is 9.66. The average molecular weight is 713 g/mol. The van der Waals surface area contributed by atoms with E-state index < -0.39 is 57.3 Å². The maximum absolute atomic E-state index is 13.9. The number of cyclic esters (lactones) is 1. The number of hydrogen-bond donors (Lipinski definition) is 0. The van der Waals surface area contributed by atoms with Crippen LogP contribution in [0.5, 0.6) is 11.5 Å². The molecule has 11 heteroatoms. The van der Waals surface area contributed by atoms with E-state index in [0.717, 1.165) is 35.2 Å². The number of nitrogens with zero attached hydrogens (tertiary/aromatic N) is 2. The number of hydrazone groups is 1. The van der Waals surface area contributed by atoms with Crippen LogP contribution in [0.15, 0.2) is 47.6 Å². The number of hydrogen-bond acceptors (Lipinski definition) is 10. The first-order chi connectivity index (χ1) is 24.5. The quantitative estimate of drug-likeness (QED) is 0.218. The van der Waals surface area contributed by atoms with Crippen molar-refractivity contribution in [3.63, 3.8) is 0 Å². The molecule has 2 aromatic carbocycles. The molecule has 2 aromatic rings. The van der Waals surface area contributed by atoms with Gasteiger partial charge in [-0.2, -0.15) is 5.10 Å². The first kappa shape index (κ1) is 35.8. The van der Waals surface area contributed by atoms with Crippen molar-refractivity contribution in [2.45, 2.75) is 118 Å². The van der Waals surface area contributed by atoms with E-state index in [9.17, 15) is 24.0 Å². The zero-order chi connectivity index (χ0) is 37.6. The van der Waals surface area contributed by atoms with Crippen LogP contribution < -0.4 is 9.47 Å². The molecule has 7 rings (SSSR count). The van der Waals surface area contributed by atoms with E-state index >= 15 is 0 Å². The van der Waals surface area contributed by atoms with Crippen molar-refractivity contribution in [3.8, 4) is 11.5 Å². The lowest BCUT2D eigenvalue weighted by Crippen LogP contribution is -2.52. The predicted molar refractivity (Wildman–Crippen MR) is 189 cm³/mol. The molecule has 1 amide bonds. The second-order valence-electron chi connectivity index (χ2n) is 16.3. The van der Waals surface area contributed by atoms with Crippen LogP contribution in [0.2, 0.25) is 0 Å². The van der Waals surface area contributed by atoms with E-state index in [1.807, 2.05) is 59.7 Å². The van der Waals surface area contributed by atoms with E-state index in [0.29, 0.717) is 43.6 Å². The van der Waals surface area contributed by atoms with Crippen molar-refractivity contribution >= 4 is 35.5 Å². The minimum Gasteiger partial charge on any atom is -0.446 e. The minimum absolute atomic E-state index is 0.142. The fraction of sp³-hybridized carbons (Fsp3) is 0.561. The molecule has 2 saturated heterocycles. The van der Waals surface area contributed by atoms with Crippen LogP contribution in [0.1, 0.15) is 117 Å². The van der Waals surface area contributed by atoms with Gasteiger partial charge in [0.2, 0.25) is 17.1 Å². The smallest absolute Gasteiger partial charge is 0.356 e. The van der Waals surface area contributed by atoms with E-state index in [-0.39, 0.29) is 17.8 Å². The summed E-state index contributed by atoms with van der Waals surface area (Å²) >= 11 is 0. The van der Waals surface area contributed by atoms with E-state index in [2.05, 4.69) is 0 Å². The number of ether oxygens (including phenoxy) is 4. The van der Waals surface area contributed by atoms with Gasteiger partial charge in [0.15, 0.2) is 0 Å². The molecule has 52 heavy (non-hydrogen) atoms. The summed E-state index contributed by atoms with van der Waals surface area (Å²) in [5.41, 5.74) is -1.55. The van der Waals surface area contributed by atoms with Gasteiger partial charge in [0, 0.05) is 29.2 Å². The Bertz CT molecular complexity index is 1920. The topological polar surface area (TPSA) is 138 Å². The van der Waals surface area contributed by atoms with Crippen LogP contribution in [0.4, 0.5) is 0 Å². The summed E-state index contributed by atoms with van der Waals surface area (Å²) in [6, 6.07) is 12.1. The highest BCUT2D eigenvalue weighted by atomic mass is 16.6. The Morgan fingerprint density at radius 3 is 2.19 bits per heavy atom. The molecule has 0 N–H and O–H groups in total. The van der Waals surface area contributed by atoms with E-state index in [1.165, 1.54) is 11.9 Å². The van der Waals surface area contributed by atoms with Crippen LogP contribution >= 0.6 is 0 Å². The number of aryl methyl sites for hydroxylation is 1. The standard InChI is InChI=1S/C41H48N2O9/c1-9-19-40(37(5,6)23(3)33(45)51-40)35(47)49-27-15-12-26(13-16-27)32-29-18-14-25-11-17-28(22-30(25)31(29)42-43(32)24(4)44)50-36(48)41-21-20-38(7,34(46)52-41)39(41,8)10-2/h11-13,15-17,22-23,29,32H,9-10,14,18-21H2,1-8H3/t23?,29-,32-,38?,39?,40?,41?/m0/s1. The molecule has 3 aliphatic heterocycles. The van der Waals surface area contributed by atoms with Gasteiger partial charge >= 0.3 is 23.9 Å². The zero-order valence-electron chi connectivity index (χ0n) is 31.3. The van der Waals surface area contributed by atoms with Crippen molar-refractivity contribution in [3.05, 3.63) is 59.2 Å². The summed E-state index contributed by atoms with van der Waals surface area (Å²) in [6.07, 6.45) is 4.00. The number of rotatable bonds is 8. The number of esters is 4. The van der Waals surface area contributed by atoms with E-state index in [1.54, 1.807) is 31.2 Å². The van der Waals surface area contributed by atoms with Gasteiger partial charge in [-0.3, -0.25) is 14.4 Å². The van der Waals surface area contributed by atoms with Gasteiger partial charge < -0.3 is 18.9 Å². The van der Waals surface area contributed by atoms with Gasteiger partial charge in [-0.25, -0.2) is 14.6 Å². The van der Waals surface area contributed by atoms with Gasteiger partial charge in [-0.15, -0.1) is 0 Å². The number of fused-ring (bicyclic) bond motifs is 5. The van der Waals surface area contributed by atoms with Gasteiger partial charge in [0.05, 0.1) is 23.1 Å². The second-order valence-corrected chi connectivity index (χ2v) is 16.3. The molecule has 3 fully saturated rings. The first-order valence-electron chi connectivity index (χ1n) is 18.5. The molecule has 11 nitrogen and oxygen atoms in total. The van der Waals surface area contributed by atoms with Gasteiger partial charge in [0.25, 0.3) is 0 Å². The molecule has 0 radical (unpaired) electrons. The molecule has 2 bridgehead atoms. The average Bonchev–Trinajstić information content (AvgIpc) is 3.72. The minimum atomic E-state index is -1.40. The summed E-state index contributed by atoms with van der Waals surface area (Å²) in [5.74, 6) is -2.13. The summed E-state index contributed by atoms with van der Waals surface area (Å²) in [6.45, 7) is 14.7. The molecule has 0 aromatic heterocycles. The lowest BCUT2D eigenvalue weighted by molar-refractivity contribution is -0.177. The fourth-order valence-electron chi connectivity index (χ4n) is 9.66. The monoisotopic (exact) mass is 712 g/mol. The van der Waals surface area contributed by atoms with Gasteiger partial charge in [0.1, 0.15) is 11.5 Å². The maximum atomic E-state index is 13.9. The largest absolute Gasteiger partial charge is 0.446 e. The van der Waals surface area contributed by atoms with Crippen molar-refractivity contribution < 1.29 is 42.9 Å². The van der Waals surface area contributed by atoms with Crippen LogP contribution in [-0.2, 0) is 39.9 Å². The van der Waals surface area contributed by atoms with Gasteiger partial charge in [-0.05, 0) is 80.8 Å². The van der Waals surface area contributed by atoms with Crippen molar-refractivity contribution in [2.24, 2.45) is 33.2 Å². The Balaban J connectivity index is 1.12. The van der Waals surface area contributed by atoms with Gasteiger partial charge in [-0.1, -0.05) is 66.2 Å². The molecule has 5 unspecified atom stereocenters. The molecule has 5 aliphatic rings. The number of carbonyl (C=O) groups excluding carboxylic acids is 5. The van der Waals surface area contributed by atoms with Crippen LogP contribution in [0, 0.1) is 28.1 Å². The molecule has 276 valence electrons. The Hall–Kier alpha value is -4.54. The number of amides is 1. The highest BCUT2D eigenvalue weighted by molar-refractivity contribution is 6.07. The van der Waals surface area contributed by atoms with Crippen molar-refractivity contribution in [1.29, 1.82) is 0 Å². The summed E-state index contributed by atoms with van der Waals surface area (Å²) < 4.78 is 23.5. The molecule has 0 spiro atoms. The lowest BCUT2D eigenvalue weighted by Gasteiger charge is -2.37. The highest BCUT2D eigenvalue weighted by Gasteiger charge is 2.77. The zero-order valence-corrected chi connectivity index (χ0v) is 31.3. The van der Waals surface area contributed by atoms with Crippen molar-refractivity contribution in [1.82, 2.24) is 5.01 Å². The number of benzene rings is 2. The Labute approximate surface area is 304 Å².